The second-order valence-electron chi connectivity index (χ2n) is 8.72. The molecule has 0 bridgehead atoms. The van der Waals surface area contributed by atoms with Crippen LogP contribution in [-0.4, -0.2) is 20.8 Å². The molecule has 1 aromatic heterocycles. The molecule has 0 aliphatic heterocycles. The number of non-ortho nitro benzene ring substituents is 1. The van der Waals surface area contributed by atoms with Crippen molar-refractivity contribution < 1.29 is 9.66 Å². The van der Waals surface area contributed by atoms with E-state index in [1.807, 2.05) is 55.5 Å². The van der Waals surface area contributed by atoms with Crippen molar-refractivity contribution in [2.45, 2.75) is 26.4 Å². The van der Waals surface area contributed by atoms with Gasteiger partial charge in [-0.05, 0) is 47.0 Å². The van der Waals surface area contributed by atoms with E-state index >= 15 is 0 Å². The molecule has 0 radical (unpaired) electrons. The van der Waals surface area contributed by atoms with Crippen molar-refractivity contribution in [2.75, 3.05) is 0 Å². The van der Waals surface area contributed by atoms with Crippen LogP contribution in [0.25, 0.3) is 21.7 Å². The van der Waals surface area contributed by atoms with Gasteiger partial charge in [0.1, 0.15) is 18.2 Å². The number of nitrogens with zero attached hydrogens (tertiary/aromatic N) is 4. The number of benzene rings is 4. The van der Waals surface area contributed by atoms with E-state index in [0.29, 0.717) is 40.0 Å². The first-order valence-corrected chi connectivity index (χ1v) is 12.9. The highest BCUT2D eigenvalue weighted by Gasteiger charge is 2.13. The fourth-order valence-electron chi connectivity index (χ4n) is 4.27. The number of hydrogen-bond donors (Lipinski definition) is 0. The first kappa shape index (κ1) is 25.3. The van der Waals surface area contributed by atoms with Gasteiger partial charge in [0, 0.05) is 28.6 Å². The van der Waals surface area contributed by atoms with Crippen LogP contribution in [0.3, 0.4) is 0 Å². The molecule has 0 amide bonds. The van der Waals surface area contributed by atoms with Gasteiger partial charge in [0.2, 0.25) is 0 Å². The van der Waals surface area contributed by atoms with Gasteiger partial charge in [0.05, 0.1) is 22.0 Å². The summed E-state index contributed by atoms with van der Waals surface area (Å²) in [6.07, 6.45) is 3.01. The number of aromatic nitrogens is 2. The zero-order chi connectivity index (χ0) is 26.6. The SMILES string of the molecule is CCCc1nc2ccc(Br)cc2c(=O)n1N=Cc1c(OCc2cccc([N+](=O)[O-])c2)ccc2ccccc12. The zero-order valence-electron chi connectivity index (χ0n) is 20.5. The average molecular weight is 571 g/mol. The van der Waals surface area contributed by atoms with Gasteiger partial charge < -0.3 is 4.74 Å². The van der Waals surface area contributed by atoms with Crippen LogP contribution in [0.4, 0.5) is 5.69 Å². The molecule has 38 heavy (non-hydrogen) atoms. The van der Waals surface area contributed by atoms with E-state index in [-0.39, 0.29) is 17.9 Å². The van der Waals surface area contributed by atoms with Crippen LogP contribution < -0.4 is 10.3 Å². The average Bonchev–Trinajstić information content (AvgIpc) is 2.92. The van der Waals surface area contributed by atoms with Crippen molar-refractivity contribution in [3.63, 3.8) is 0 Å². The highest BCUT2D eigenvalue weighted by Crippen LogP contribution is 2.28. The summed E-state index contributed by atoms with van der Waals surface area (Å²) in [7, 11) is 0. The number of halogens is 1. The second-order valence-corrected chi connectivity index (χ2v) is 9.63. The monoisotopic (exact) mass is 570 g/mol. The molecule has 0 atom stereocenters. The van der Waals surface area contributed by atoms with Crippen LogP contribution >= 0.6 is 15.9 Å². The van der Waals surface area contributed by atoms with Crippen LogP contribution in [0.1, 0.15) is 30.3 Å². The maximum Gasteiger partial charge on any atom is 0.282 e. The first-order chi connectivity index (χ1) is 18.4. The Morgan fingerprint density at radius 1 is 1.05 bits per heavy atom. The number of nitro benzene ring substituents is 1. The number of nitro groups is 1. The van der Waals surface area contributed by atoms with Gasteiger partial charge in [-0.15, -0.1) is 0 Å². The standard InChI is InChI=1S/C29H23BrN4O4/c1-2-6-28-32-26-13-12-21(30)16-24(26)29(35)33(28)31-17-25-23-10-4-3-8-20(23)11-14-27(25)38-18-19-7-5-9-22(15-19)34(36)37/h3-5,7-17H,2,6,18H2,1H3. The van der Waals surface area contributed by atoms with E-state index < -0.39 is 4.92 Å². The van der Waals surface area contributed by atoms with Crippen LogP contribution in [0.5, 0.6) is 5.75 Å². The van der Waals surface area contributed by atoms with Crippen molar-refractivity contribution >= 4 is 49.5 Å². The third-order valence-corrected chi connectivity index (χ3v) is 6.59. The summed E-state index contributed by atoms with van der Waals surface area (Å²) in [6, 6.07) is 23.4. The van der Waals surface area contributed by atoms with Crippen LogP contribution in [0.2, 0.25) is 0 Å². The lowest BCUT2D eigenvalue weighted by Crippen LogP contribution is -2.22. The summed E-state index contributed by atoms with van der Waals surface area (Å²) in [6.45, 7) is 2.16. The fraction of sp³-hybridized carbons (Fsp3) is 0.138. The summed E-state index contributed by atoms with van der Waals surface area (Å²) < 4.78 is 8.26. The number of rotatable bonds is 8. The zero-order valence-corrected chi connectivity index (χ0v) is 22.1. The fourth-order valence-corrected chi connectivity index (χ4v) is 4.63. The van der Waals surface area contributed by atoms with E-state index in [0.717, 1.165) is 21.7 Å². The molecule has 0 saturated heterocycles. The lowest BCUT2D eigenvalue weighted by atomic mass is 10.0. The predicted molar refractivity (Wildman–Crippen MR) is 152 cm³/mol. The van der Waals surface area contributed by atoms with Crippen molar-refractivity contribution in [3.8, 4) is 5.75 Å². The summed E-state index contributed by atoms with van der Waals surface area (Å²) in [5.74, 6) is 1.11. The van der Waals surface area contributed by atoms with Gasteiger partial charge in [0.25, 0.3) is 11.2 Å². The first-order valence-electron chi connectivity index (χ1n) is 12.1. The molecule has 1 heterocycles. The summed E-state index contributed by atoms with van der Waals surface area (Å²) in [4.78, 5) is 28.9. The van der Waals surface area contributed by atoms with Crippen LogP contribution in [0, 0.1) is 10.1 Å². The molecule has 0 spiro atoms. The highest BCUT2D eigenvalue weighted by molar-refractivity contribution is 9.10. The lowest BCUT2D eigenvalue weighted by molar-refractivity contribution is -0.384. The minimum absolute atomic E-state index is 0.00432. The quantitative estimate of drug-likeness (QED) is 0.118. The molecule has 4 aromatic carbocycles. The smallest absolute Gasteiger partial charge is 0.282 e. The van der Waals surface area contributed by atoms with Crippen molar-refractivity contribution in [2.24, 2.45) is 5.10 Å². The molecule has 5 rings (SSSR count). The largest absolute Gasteiger partial charge is 0.488 e. The minimum atomic E-state index is -0.431. The molecular weight excluding hydrogens is 548 g/mol. The van der Waals surface area contributed by atoms with Crippen LogP contribution in [0.15, 0.2) is 93.2 Å². The molecule has 0 aliphatic carbocycles. The molecule has 0 aliphatic rings. The molecule has 9 heteroatoms. The van der Waals surface area contributed by atoms with Gasteiger partial charge in [-0.25, -0.2) is 4.98 Å². The Kier molecular flexibility index (Phi) is 7.28. The topological polar surface area (TPSA) is 99.6 Å². The minimum Gasteiger partial charge on any atom is -0.488 e. The lowest BCUT2D eigenvalue weighted by Gasteiger charge is -2.13. The maximum atomic E-state index is 13.4. The normalized spacial score (nSPS) is 11.4. The Morgan fingerprint density at radius 2 is 1.89 bits per heavy atom. The van der Waals surface area contributed by atoms with Gasteiger partial charge >= 0.3 is 0 Å². The molecule has 0 unspecified atom stereocenters. The number of fused-ring (bicyclic) bond motifs is 2. The molecule has 0 fully saturated rings. The second kappa shape index (κ2) is 10.9. The molecular formula is C29H23BrN4O4. The number of hydrogen-bond acceptors (Lipinski definition) is 6. The third kappa shape index (κ3) is 5.19. The Bertz CT molecular complexity index is 1760. The molecule has 5 aromatic rings. The van der Waals surface area contributed by atoms with Crippen LogP contribution in [-0.2, 0) is 13.0 Å². The van der Waals surface area contributed by atoms with E-state index in [2.05, 4.69) is 21.0 Å². The Balaban J connectivity index is 1.59. The van der Waals surface area contributed by atoms with Crippen molar-refractivity contribution in [3.05, 3.63) is 121 Å². The Labute approximate surface area is 226 Å². The summed E-state index contributed by atoms with van der Waals surface area (Å²) in [5, 5.41) is 18.1. The molecule has 8 nitrogen and oxygen atoms in total. The highest BCUT2D eigenvalue weighted by atomic mass is 79.9. The van der Waals surface area contributed by atoms with Gasteiger partial charge in [-0.2, -0.15) is 9.78 Å². The maximum absolute atomic E-state index is 13.4. The Morgan fingerprint density at radius 3 is 2.71 bits per heavy atom. The number of aryl methyl sites for hydroxylation is 1. The van der Waals surface area contributed by atoms with Crippen molar-refractivity contribution in [1.82, 2.24) is 9.66 Å². The third-order valence-electron chi connectivity index (χ3n) is 6.10. The molecule has 0 saturated carbocycles. The van der Waals surface area contributed by atoms with Gasteiger partial charge in [0.15, 0.2) is 0 Å². The molecule has 190 valence electrons. The van der Waals surface area contributed by atoms with Crippen molar-refractivity contribution in [1.29, 1.82) is 0 Å². The van der Waals surface area contributed by atoms with E-state index in [9.17, 15) is 14.9 Å². The summed E-state index contributed by atoms with van der Waals surface area (Å²) in [5.41, 5.74) is 1.73. The van der Waals surface area contributed by atoms with E-state index in [1.165, 1.54) is 16.8 Å². The number of ether oxygens (including phenoxy) is 1. The van der Waals surface area contributed by atoms with E-state index in [4.69, 9.17) is 9.72 Å². The summed E-state index contributed by atoms with van der Waals surface area (Å²) >= 11 is 3.43. The Hall–Kier alpha value is -4.37. The van der Waals surface area contributed by atoms with Gasteiger partial charge in [-0.1, -0.05) is 65.3 Å². The molecule has 0 N–H and O–H groups in total. The predicted octanol–water partition coefficient (Wildman–Crippen LogP) is 6.63. The van der Waals surface area contributed by atoms with Gasteiger partial charge in [-0.3, -0.25) is 14.9 Å². The van der Waals surface area contributed by atoms with E-state index in [1.54, 1.807) is 24.4 Å².